The van der Waals surface area contributed by atoms with E-state index in [1.165, 1.54) is 0 Å². The topological polar surface area (TPSA) is 119 Å². The molecule has 2 rings (SSSR count). The van der Waals surface area contributed by atoms with Gasteiger partial charge in [0.2, 0.25) is 5.91 Å². The fourth-order valence-electron chi connectivity index (χ4n) is 1.47. The first kappa shape index (κ1) is 14.6. The zero-order chi connectivity index (χ0) is 15.2. The first-order chi connectivity index (χ1) is 10.1. The summed E-state index contributed by atoms with van der Waals surface area (Å²) in [5.74, 6) is 0.172. The number of hydrogen-bond donors (Lipinski definition) is 3. The molecule has 108 valence electrons. The van der Waals surface area contributed by atoms with Gasteiger partial charge in [-0.25, -0.2) is 4.98 Å². The number of benzene rings is 1. The molecule has 1 aromatic carbocycles. The minimum atomic E-state index is -0.620. The maximum absolute atomic E-state index is 11.5. The highest BCUT2D eigenvalue weighted by atomic mass is 16.2. The summed E-state index contributed by atoms with van der Waals surface area (Å²) in [6, 6.07) is 11.9. The van der Waals surface area contributed by atoms with Gasteiger partial charge in [0.15, 0.2) is 5.82 Å². The first-order valence-electron chi connectivity index (χ1n) is 6.36. The molecule has 0 unspecified atom stereocenters. The largest absolute Gasteiger partial charge is 0.382 e. The van der Waals surface area contributed by atoms with Crippen LogP contribution in [0.1, 0.15) is 6.92 Å². The van der Waals surface area contributed by atoms with Crippen LogP contribution in [0.25, 0.3) is 0 Å². The van der Waals surface area contributed by atoms with Crippen molar-refractivity contribution in [1.82, 2.24) is 4.98 Å². The number of pyridine rings is 1. The van der Waals surface area contributed by atoms with E-state index in [0.29, 0.717) is 17.2 Å². The van der Waals surface area contributed by atoms with Gasteiger partial charge in [-0.1, -0.05) is 18.2 Å². The van der Waals surface area contributed by atoms with Gasteiger partial charge in [-0.15, -0.1) is 5.11 Å². The van der Waals surface area contributed by atoms with Crippen LogP contribution in [-0.4, -0.2) is 16.9 Å². The van der Waals surface area contributed by atoms with Crippen molar-refractivity contribution in [2.24, 2.45) is 16.0 Å². The molecule has 1 aromatic heterocycles. The molecule has 1 heterocycles. The van der Waals surface area contributed by atoms with Gasteiger partial charge in [-0.3, -0.25) is 4.79 Å². The van der Waals surface area contributed by atoms with Crippen LogP contribution >= 0.6 is 0 Å². The van der Waals surface area contributed by atoms with Gasteiger partial charge in [0.25, 0.3) is 0 Å². The van der Waals surface area contributed by atoms with E-state index in [-0.39, 0.29) is 11.7 Å². The zero-order valence-corrected chi connectivity index (χ0v) is 11.5. The molecule has 0 fully saturated rings. The second-order valence-corrected chi connectivity index (χ2v) is 4.41. The molecule has 0 saturated heterocycles. The minimum Gasteiger partial charge on any atom is -0.382 e. The van der Waals surface area contributed by atoms with E-state index in [9.17, 15) is 4.79 Å². The van der Waals surface area contributed by atoms with E-state index >= 15 is 0 Å². The molecule has 0 aliphatic rings. The van der Waals surface area contributed by atoms with Crippen LogP contribution in [0.5, 0.6) is 0 Å². The smallest absolute Gasteiger partial charge is 0.242 e. The molecule has 0 aliphatic carbocycles. The number of nitrogens with two attached hydrogens (primary N) is 2. The molecular weight excluding hydrogens is 268 g/mol. The summed E-state index contributed by atoms with van der Waals surface area (Å²) < 4.78 is 0. The van der Waals surface area contributed by atoms with Crippen LogP contribution in [0.4, 0.5) is 23.0 Å². The fourth-order valence-corrected chi connectivity index (χ4v) is 1.47. The van der Waals surface area contributed by atoms with Gasteiger partial charge in [0.05, 0.1) is 11.7 Å². The Bertz CT molecular complexity index is 654. The first-order valence-corrected chi connectivity index (χ1v) is 6.36. The third-order valence-electron chi connectivity index (χ3n) is 2.60. The highest BCUT2D eigenvalue weighted by Gasteiger charge is 2.09. The Morgan fingerprint density at radius 2 is 1.90 bits per heavy atom. The van der Waals surface area contributed by atoms with Gasteiger partial charge < -0.3 is 16.8 Å². The molecule has 1 amide bonds. The fraction of sp³-hybridized carbons (Fsp3) is 0.143. The van der Waals surface area contributed by atoms with Crippen LogP contribution in [0.3, 0.4) is 0 Å². The molecule has 21 heavy (non-hydrogen) atoms. The lowest BCUT2D eigenvalue weighted by Gasteiger charge is -2.07. The van der Waals surface area contributed by atoms with E-state index in [4.69, 9.17) is 11.5 Å². The molecular formula is C14H16N6O. The minimum absolute atomic E-state index is 0.178. The number of azo groups is 1. The average molecular weight is 284 g/mol. The third kappa shape index (κ3) is 4.08. The highest BCUT2D eigenvalue weighted by Crippen LogP contribution is 2.24. The van der Waals surface area contributed by atoms with Crippen LogP contribution in [0.15, 0.2) is 52.7 Å². The van der Waals surface area contributed by atoms with Crippen molar-refractivity contribution in [3.63, 3.8) is 0 Å². The maximum atomic E-state index is 11.5. The van der Waals surface area contributed by atoms with Gasteiger partial charge in [0.1, 0.15) is 11.5 Å². The van der Waals surface area contributed by atoms with Crippen molar-refractivity contribution < 1.29 is 4.79 Å². The zero-order valence-electron chi connectivity index (χ0n) is 11.5. The lowest BCUT2D eigenvalue weighted by molar-refractivity contribution is -0.117. The van der Waals surface area contributed by atoms with Gasteiger partial charge >= 0.3 is 0 Å². The summed E-state index contributed by atoms with van der Waals surface area (Å²) in [5, 5.41) is 10.6. The van der Waals surface area contributed by atoms with Crippen LogP contribution in [0.2, 0.25) is 0 Å². The number of anilines is 2. The van der Waals surface area contributed by atoms with Crippen molar-refractivity contribution in [2.75, 3.05) is 11.1 Å². The Hall–Kier alpha value is -2.80. The van der Waals surface area contributed by atoms with Crippen LogP contribution in [-0.2, 0) is 4.79 Å². The van der Waals surface area contributed by atoms with Crippen molar-refractivity contribution >= 4 is 28.9 Å². The van der Waals surface area contributed by atoms with E-state index in [2.05, 4.69) is 20.5 Å². The number of aromatic nitrogens is 1. The molecule has 0 aliphatic heterocycles. The van der Waals surface area contributed by atoms with Gasteiger partial charge in [-0.2, -0.15) is 5.11 Å². The van der Waals surface area contributed by atoms with Crippen LogP contribution < -0.4 is 16.8 Å². The van der Waals surface area contributed by atoms with Crippen LogP contribution in [0, 0.1) is 0 Å². The third-order valence-corrected chi connectivity index (χ3v) is 2.60. The lowest BCUT2D eigenvalue weighted by Crippen LogP contribution is -2.32. The average Bonchev–Trinajstić information content (AvgIpc) is 2.47. The summed E-state index contributed by atoms with van der Waals surface area (Å²) in [4.78, 5) is 15.5. The number of rotatable bonds is 4. The monoisotopic (exact) mass is 284 g/mol. The molecule has 5 N–H and O–H groups in total. The highest BCUT2D eigenvalue weighted by molar-refractivity contribution is 5.93. The molecule has 0 spiro atoms. The number of carbonyl (C=O) groups is 1. The van der Waals surface area contributed by atoms with E-state index < -0.39 is 6.04 Å². The predicted molar refractivity (Wildman–Crippen MR) is 81.5 cm³/mol. The number of carbonyl (C=O) groups excluding carboxylic acids is 1. The Balaban J connectivity index is 2.13. The van der Waals surface area contributed by atoms with E-state index in [1.54, 1.807) is 19.1 Å². The molecule has 0 bridgehead atoms. The molecule has 7 nitrogen and oxygen atoms in total. The van der Waals surface area contributed by atoms with E-state index in [0.717, 1.165) is 0 Å². The number of nitrogen functional groups attached to an aromatic ring is 1. The molecule has 0 radical (unpaired) electrons. The Morgan fingerprint density at radius 3 is 2.52 bits per heavy atom. The number of amides is 1. The molecule has 2 aromatic rings. The molecule has 0 saturated carbocycles. The Kier molecular flexibility index (Phi) is 4.57. The maximum Gasteiger partial charge on any atom is 0.242 e. The Morgan fingerprint density at radius 1 is 1.19 bits per heavy atom. The van der Waals surface area contributed by atoms with Gasteiger partial charge in [-0.05, 0) is 31.2 Å². The van der Waals surface area contributed by atoms with Gasteiger partial charge in [0, 0.05) is 0 Å². The summed E-state index contributed by atoms with van der Waals surface area (Å²) in [6.45, 7) is 1.58. The summed E-state index contributed by atoms with van der Waals surface area (Å²) in [6.07, 6.45) is 0. The second-order valence-electron chi connectivity index (χ2n) is 4.41. The van der Waals surface area contributed by atoms with E-state index in [1.807, 2.05) is 30.3 Å². The Labute approximate surface area is 122 Å². The standard InChI is InChI=1S/C14H16N6O/c1-9(15)14(21)18-12-8-7-11(13(16)17-12)20-19-10-5-3-2-4-6-10/h2-9H,15H2,1H3,(H3,16,17,18,21)/t9-/m0/s1. The van der Waals surface area contributed by atoms with Crippen molar-refractivity contribution in [3.8, 4) is 0 Å². The summed E-state index contributed by atoms with van der Waals surface area (Å²) >= 11 is 0. The summed E-state index contributed by atoms with van der Waals surface area (Å²) in [5.41, 5.74) is 12.4. The number of nitrogens with one attached hydrogen (secondary N) is 1. The predicted octanol–water partition coefficient (Wildman–Crippen LogP) is 2.36. The molecule has 7 heteroatoms. The lowest BCUT2D eigenvalue weighted by atomic mass is 10.3. The quantitative estimate of drug-likeness (QED) is 0.746. The normalized spacial score (nSPS) is 12.3. The summed E-state index contributed by atoms with van der Waals surface area (Å²) in [7, 11) is 0. The van der Waals surface area contributed by atoms with Crippen molar-refractivity contribution in [1.29, 1.82) is 0 Å². The SMILES string of the molecule is C[C@H](N)C(=O)Nc1ccc(N=Nc2ccccc2)c(N)n1. The number of nitrogens with zero attached hydrogens (tertiary/aromatic N) is 3. The number of hydrogen-bond acceptors (Lipinski definition) is 6. The van der Waals surface area contributed by atoms with Crippen molar-refractivity contribution in [2.45, 2.75) is 13.0 Å². The van der Waals surface area contributed by atoms with Crippen molar-refractivity contribution in [3.05, 3.63) is 42.5 Å². The second kappa shape index (κ2) is 6.58. The molecule has 1 atom stereocenters.